The fourth-order valence-corrected chi connectivity index (χ4v) is 3.10. The molecule has 26 heavy (non-hydrogen) atoms. The van der Waals surface area contributed by atoms with Crippen LogP contribution in [0.15, 0.2) is 57.8 Å². The smallest absolute Gasteiger partial charge is 0.337 e. The lowest BCUT2D eigenvalue weighted by molar-refractivity contribution is 0.0600. The standard InChI is InChI=1S/C19H15BrN2O4/c1-26-19(25)12-5-2-4-11(8-12)10-21-18(24)14-9-16(23)22-17-13(14)6-3-7-15(17)20/h2-9H,10H2,1H3,(H,21,24)(H,22,23). The fraction of sp³-hybridized carbons (Fsp3) is 0.105. The molecule has 0 unspecified atom stereocenters. The van der Waals surface area contributed by atoms with E-state index in [-0.39, 0.29) is 23.6 Å². The van der Waals surface area contributed by atoms with Crippen molar-refractivity contribution < 1.29 is 14.3 Å². The minimum absolute atomic E-state index is 0.214. The van der Waals surface area contributed by atoms with E-state index in [2.05, 4.69) is 31.0 Å². The molecular formula is C19H15BrN2O4. The molecule has 3 aromatic rings. The van der Waals surface area contributed by atoms with Gasteiger partial charge in [0.05, 0.1) is 23.8 Å². The van der Waals surface area contributed by atoms with Crippen LogP contribution in [0.4, 0.5) is 0 Å². The predicted molar refractivity (Wildman–Crippen MR) is 101 cm³/mol. The fourth-order valence-electron chi connectivity index (χ4n) is 2.64. The van der Waals surface area contributed by atoms with Crippen LogP contribution < -0.4 is 10.9 Å². The quantitative estimate of drug-likeness (QED) is 0.642. The molecular weight excluding hydrogens is 400 g/mol. The van der Waals surface area contributed by atoms with Crippen LogP contribution in [0.1, 0.15) is 26.3 Å². The van der Waals surface area contributed by atoms with E-state index in [0.29, 0.717) is 20.9 Å². The van der Waals surface area contributed by atoms with Gasteiger partial charge in [-0.25, -0.2) is 4.79 Å². The summed E-state index contributed by atoms with van der Waals surface area (Å²) in [4.78, 5) is 38.8. The average molecular weight is 415 g/mol. The lowest BCUT2D eigenvalue weighted by atomic mass is 10.1. The number of benzene rings is 2. The van der Waals surface area contributed by atoms with Crippen molar-refractivity contribution in [3.8, 4) is 0 Å². The first-order chi connectivity index (χ1) is 12.5. The number of halogens is 1. The number of aromatic amines is 1. The van der Waals surface area contributed by atoms with Gasteiger partial charge >= 0.3 is 5.97 Å². The van der Waals surface area contributed by atoms with Crippen LogP contribution in [0.25, 0.3) is 10.9 Å². The topological polar surface area (TPSA) is 88.3 Å². The molecule has 0 aliphatic carbocycles. The molecule has 0 aliphatic rings. The number of hydrogen-bond acceptors (Lipinski definition) is 4. The van der Waals surface area contributed by atoms with Gasteiger partial charge in [-0.15, -0.1) is 0 Å². The van der Waals surface area contributed by atoms with Gasteiger partial charge < -0.3 is 15.0 Å². The van der Waals surface area contributed by atoms with E-state index in [1.807, 2.05) is 0 Å². The number of rotatable bonds is 4. The highest BCUT2D eigenvalue weighted by molar-refractivity contribution is 9.10. The van der Waals surface area contributed by atoms with Gasteiger partial charge in [0.15, 0.2) is 0 Å². The van der Waals surface area contributed by atoms with Crippen LogP contribution in [0.5, 0.6) is 0 Å². The van der Waals surface area contributed by atoms with Crippen molar-refractivity contribution in [3.63, 3.8) is 0 Å². The summed E-state index contributed by atoms with van der Waals surface area (Å²) in [5, 5.41) is 3.42. The summed E-state index contributed by atoms with van der Waals surface area (Å²) in [7, 11) is 1.31. The van der Waals surface area contributed by atoms with E-state index in [1.54, 1.807) is 42.5 Å². The van der Waals surface area contributed by atoms with Crippen LogP contribution in [0.3, 0.4) is 0 Å². The number of carbonyl (C=O) groups is 2. The van der Waals surface area contributed by atoms with Crippen molar-refractivity contribution in [3.05, 3.63) is 80.0 Å². The molecule has 0 radical (unpaired) electrons. The third-order valence-corrected chi connectivity index (χ3v) is 4.53. The van der Waals surface area contributed by atoms with Gasteiger partial charge in [-0.2, -0.15) is 0 Å². The summed E-state index contributed by atoms with van der Waals surface area (Å²) >= 11 is 3.37. The molecule has 7 heteroatoms. The normalized spacial score (nSPS) is 10.5. The van der Waals surface area contributed by atoms with Gasteiger partial charge in [0.1, 0.15) is 0 Å². The van der Waals surface area contributed by atoms with Crippen LogP contribution >= 0.6 is 15.9 Å². The van der Waals surface area contributed by atoms with E-state index < -0.39 is 5.97 Å². The van der Waals surface area contributed by atoms with E-state index in [9.17, 15) is 14.4 Å². The van der Waals surface area contributed by atoms with Crippen LogP contribution in [-0.2, 0) is 11.3 Å². The van der Waals surface area contributed by atoms with Crippen molar-refractivity contribution >= 4 is 38.7 Å². The Morgan fingerprint density at radius 3 is 2.69 bits per heavy atom. The second-order valence-electron chi connectivity index (χ2n) is 5.58. The minimum atomic E-state index is -0.441. The Morgan fingerprint density at radius 2 is 1.92 bits per heavy atom. The Hall–Kier alpha value is -2.93. The number of carbonyl (C=O) groups excluding carboxylic acids is 2. The van der Waals surface area contributed by atoms with Gasteiger partial charge in [0.2, 0.25) is 5.56 Å². The van der Waals surface area contributed by atoms with Crippen LogP contribution in [0.2, 0.25) is 0 Å². The molecule has 2 aromatic carbocycles. The monoisotopic (exact) mass is 414 g/mol. The lowest BCUT2D eigenvalue weighted by Crippen LogP contribution is -2.25. The van der Waals surface area contributed by atoms with E-state index in [1.165, 1.54) is 13.2 Å². The van der Waals surface area contributed by atoms with E-state index >= 15 is 0 Å². The zero-order valence-electron chi connectivity index (χ0n) is 13.8. The highest BCUT2D eigenvalue weighted by Crippen LogP contribution is 2.23. The number of ether oxygens (including phenoxy) is 1. The summed E-state index contributed by atoms with van der Waals surface area (Å²) in [6.45, 7) is 0.214. The predicted octanol–water partition coefficient (Wildman–Crippen LogP) is 3.01. The molecule has 0 saturated carbocycles. The molecule has 6 nitrogen and oxygen atoms in total. The number of nitrogens with one attached hydrogen (secondary N) is 2. The van der Waals surface area contributed by atoms with Gasteiger partial charge in [0.25, 0.3) is 5.91 Å². The number of esters is 1. The summed E-state index contributed by atoms with van der Waals surface area (Å²) in [6, 6.07) is 13.4. The SMILES string of the molecule is COC(=O)c1cccc(CNC(=O)c2cc(=O)[nH]c3c(Br)cccc23)c1. The summed E-state index contributed by atoms with van der Waals surface area (Å²) < 4.78 is 5.39. The average Bonchev–Trinajstić information content (AvgIpc) is 2.66. The number of methoxy groups -OCH3 is 1. The Morgan fingerprint density at radius 1 is 1.15 bits per heavy atom. The molecule has 0 atom stereocenters. The number of amides is 1. The zero-order valence-corrected chi connectivity index (χ0v) is 15.4. The first-order valence-electron chi connectivity index (χ1n) is 7.76. The summed E-state index contributed by atoms with van der Waals surface area (Å²) in [5.41, 5.74) is 1.65. The number of pyridine rings is 1. The molecule has 132 valence electrons. The van der Waals surface area contributed by atoms with Crippen molar-refractivity contribution in [1.82, 2.24) is 10.3 Å². The molecule has 2 N–H and O–H groups in total. The van der Waals surface area contributed by atoms with Crippen molar-refractivity contribution in [2.75, 3.05) is 7.11 Å². The number of hydrogen-bond donors (Lipinski definition) is 2. The Balaban J connectivity index is 1.86. The Labute approximate surface area is 157 Å². The van der Waals surface area contributed by atoms with Crippen molar-refractivity contribution in [2.24, 2.45) is 0 Å². The maximum atomic E-state index is 12.6. The highest BCUT2D eigenvalue weighted by atomic mass is 79.9. The zero-order chi connectivity index (χ0) is 18.7. The van der Waals surface area contributed by atoms with E-state index in [0.717, 1.165) is 5.56 Å². The van der Waals surface area contributed by atoms with E-state index in [4.69, 9.17) is 0 Å². The third-order valence-electron chi connectivity index (χ3n) is 3.87. The maximum absolute atomic E-state index is 12.6. The van der Waals surface area contributed by atoms with Gasteiger partial charge in [-0.3, -0.25) is 9.59 Å². The number of para-hydroxylation sites is 1. The van der Waals surface area contributed by atoms with Crippen molar-refractivity contribution in [1.29, 1.82) is 0 Å². The molecule has 1 amide bonds. The largest absolute Gasteiger partial charge is 0.465 e. The molecule has 0 spiro atoms. The maximum Gasteiger partial charge on any atom is 0.337 e. The van der Waals surface area contributed by atoms with Crippen molar-refractivity contribution in [2.45, 2.75) is 6.54 Å². The van der Waals surface area contributed by atoms with Gasteiger partial charge in [-0.1, -0.05) is 24.3 Å². The highest BCUT2D eigenvalue weighted by Gasteiger charge is 2.13. The van der Waals surface area contributed by atoms with Gasteiger partial charge in [-0.05, 0) is 39.7 Å². The number of aromatic nitrogens is 1. The molecule has 0 fully saturated rings. The second-order valence-corrected chi connectivity index (χ2v) is 6.44. The number of fused-ring (bicyclic) bond motifs is 1. The molecule has 0 bridgehead atoms. The Kier molecular flexibility index (Phi) is 5.18. The summed E-state index contributed by atoms with van der Waals surface area (Å²) in [5.74, 6) is -0.814. The second kappa shape index (κ2) is 7.53. The molecule has 0 aliphatic heterocycles. The minimum Gasteiger partial charge on any atom is -0.465 e. The van der Waals surface area contributed by atoms with Gasteiger partial charge in [0, 0.05) is 22.5 Å². The lowest BCUT2D eigenvalue weighted by Gasteiger charge is -2.09. The molecule has 1 aromatic heterocycles. The Bertz CT molecular complexity index is 1060. The molecule has 3 rings (SSSR count). The molecule has 0 saturated heterocycles. The first-order valence-corrected chi connectivity index (χ1v) is 8.56. The first kappa shape index (κ1) is 17.9. The van der Waals surface area contributed by atoms with Crippen LogP contribution in [0, 0.1) is 0 Å². The van der Waals surface area contributed by atoms with Crippen LogP contribution in [-0.4, -0.2) is 24.0 Å². The number of H-pyrrole nitrogens is 1. The third kappa shape index (κ3) is 3.67. The molecule has 1 heterocycles. The summed E-state index contributed by atoms with van der Waals surface area (Å²) in [6.07, 6.45) is 0.